The number of halogens is 4. The van der Waals surface area contributed by atoms with Gasteiger partial charge in [-0.2, -0.15) is 31.9 Å². The molecule has 2 aliphatic rings. The molecular weight excluding hydrogens is 777 g/mol. The van der Waals surface area contributed by atoms with E-state index in [2.05, 4.69) is 74.5 Å². The van der Waals surface area contributed by atoms with Gasteiger partial charge in [0.1, 0.15) is 0 Å². The summed E-state index contributed by atoms with van der Waals surface area (Å²) >= 11 is 8.81. The number of nitrogens with zero attached hydrogens (tertiary/aromatic N) is 10. The molecule has 0 amide bonds. The van der Waals surface area contributed by atoms with Crippen molar-refractivity contribution in [2.75, 3.05) is 68.7 Å². The van der Waals surface area contributed by atoms with Gasteiger partial charge in [0.15, 0.2) is 11.6 Å². The Labute approximate surface area is 338 Å². The largest absolute Gasteiger partial charge is 0.416 e. The SMILES string of the molecule is Cc1ccc(-c2nsc(N3CCN(Cc4ccccc4C)CC3)n2)cn1.FC(F)(F)c1cccc(CCN2CCN(c3nc(-c4cncc(Cl)c4)ns3)CC2)c1. The van der Waals surface area contributed by atoms with Gasteiger partial charge >= 0.3 is 6.18 Å². The van der Waals surface area contributed by atoms with E-state index in [1.807, 2.05) is 25.3 Å². The first-order chi connectivity index (χ1) is 27.1. The summed E-state index contributed by atoms with van der Waals surface area (Å²) in [6.07, 6.45) is 1.39. The lowest BCUT2D eigenvalue weighted by Crippen LogP contribution is -2.47. The lowest BCUT2D eigenvalue weighted by molar-refractivity contribution is -0.137. The summed E-state index contributed by atoms with van der Waals surface area (Å²) in [6, 6.07) is 20.0. The smallest absolute Gasteiger partial charge is 0.344 e. The molecule has 0 bridgehead atoms. The fourth-order valence-electron chi connectivity index (χ4n) is 6.54. The zero-order valence-electron chi connectivity index (χ0n) is 31.2. The third kappa shape index (κ3) is 10.4. The Kier molecular flexibility index (Phi) is 12.9. The highest BCUT2D eigenvalue weighted by molar-refractivity contribution is 7.10. The Balaban J connectivity index is 0.000000173. The highest BCUT2D eigenvalue weighted by Gasteiger charge is 2.30. The van der Waals surface area contributed by atoms with Gasteiger partial charge in [-0.3, -0.25) is 19.8 Å². The summed E-state index contributed by atoms with van der Waals surface area (Å²) < 4.78 is 47.5. The van der Waals surface area contributed by atoms with Gasteiger partial charge < -0.3 is 9.80 Å². The first-order valence-corrected chi connectivity index (χ1v) is 20.4. The lowest BCUT2D eigenvalue weighted by atomic mass is 10.1. The number of benzene rings is 2. The first kappa shape index (κ1) is 39.7. The minimum Gasteiger partial charge on any atom is -0.344 e. The molecule has 0 atom stereocenters. The van der Waals surface area contributed by atoms with E-state index in [4.69, 9.17) is 16.6 Å². The van der Waals surface area contributed by atoms with Crippen LogP contribution >= 0.6 is 34.7 Å². The molecule has 0 saturated carbocycles. The molecule has 2 aliphatic heterocycles. The van der Waals surface area contributed by atoms with Crippen molar-refractivity contribution in [3.8, 4) is 22.8 Å². The molecule has 2 fully saturated rings. The second kappa shape index (κ2) is 18.2. The Bertz CT molecular complexity index is 2180. The van der Waals surface area contributed by atoms with Crippen LogP contribution < -0.4 is 9.80 Å². The van der Waals surface area contributed by atoms with Gasteiger partial charge in [-0.15, -0.1) is 0 Å². The molecule has 56 heavy (non-hydrogen) atoms. The van der Waals surface area contributed by atoms with Crippen molar-refractivity contribution < 1.29 is 13.2 Å². The molecule has 6 aromatic rings. The first-order valence-electron chi connectivity index (χ1n) is 18.4. The number of aryl methyl sites for hydroxylation is 2. The molecule has 0 unspecified atom stereocenters. The molecule has 2 aromatic carbocycles. The van der Waals surface area contributed by atoms with Crippen molar-refractivity contribution >= 4 is 44.9 Å². The predicted molar refractivity (Wildman–Crippen MR) is 218 cm³/mol. The quantitative estimate of drug-likeness (QED) is 0.142. The van der Waals surface area contributed by atoms with Crippen LogP contribution in [0.5, 0.6) is 0 Å². The lowest BCUT2D eigenvalue weighted by Gasteiger charge is -2.34. The average molecular weight is 819 g/mol. The Morgan fingerprint density at radius 2 is 1.36 bits per heavy atom. The van der Waals surface area contributed by atoms with Gasteiger partial charge in [0.2, 0.25) is 10.3 Å². The van der Waals surface area contributed by atoms with E-state index >= 15 is 0 Å². The van der Waals surface area contributed by atoms with E-state index in [1.54, 1.807) is 24.5 Å². The summed E-state index contributed by atoms with van der Waals surface area (Å²) in [5.74, 6) is 1.39. The summed E-state index contributed by atoms with van der Waals surface area (Å²) in [6.45, 7) is 13.3. The highest BCUT2D eigenvalue weighted by Crippen LogP contribution is 2.30. The van der Waals surface area contributed by atoms with Crippen LogP contribution in [0.15, 0.2) is 85.3 Å². The molecule has 0 N–H and O–H groups in total. The van der Waals surface area contributed by atoms with Crippen molar-refractivity contribution in [3.05, 3.63) is 118 Å². The van der Waals surface area contributed by atoms with Gasteiger partial charge in [-0.1, -0.05) is 54.1 Å². The molecule has 16 heteroatoms. The molecule has 0 radical (unpaired) electrons. The Morgan fingerprint density at radius 1 is 0.696 bits per heavy atom. The third-order valence-corrected chi connectivity index (χ3v) is 11.6. The van der Waals surface area contributed by atoms with Crippen LogP contribution in [0.2, 0.25) is 5.02 Å². The van der Waals surface area contributed by atoms with Crippen LogP contribution in [0.1, 0.15) is 27.9 Å². The fourth-order valence-corrected chi connectivity index (χ4v) is 8.19. The van der Waals surface area contributed by atoms with E-state index in [1.165, 1.54) is 46.3 Å². The minimum absolute atomic E-state index is 0.540. The molecule has 2 saturated heterocycles. The second-order valence-corrected chi connectivity index (χ2v) is 15.7. The number of anilines is 2. The number of rotatable bonds is 9. The van der Waals surface area contributed by atoms with Gasteiger partial charge in [0.25, 0.3) is 0 Å². The van der Waals surface area contributed by atoms with Crippen molar-refractivity contribution in [2.24, 2.45) is 0 Å². The maximum absolute atomic E-state index is 12.9. The molecule has 4 aromatic heterocycles. The summed E-state index contributed by atoms with van der Waals surface area (Å²) in [7, 11) is 0. The minimum atomic E-state index is -4.30. The number of pyridine rings is 2. The Hall–Kier alpha value is -4.54. The molecular formula is C40H42ClF3N10S2. The van der Waals surface area contributed by atoms with Crippen molar-refractivity contribution in [2.45, 2.75) is 33.0 Å². The summed E-state index contributed by atoms with van der Waals surface area (Å²) in [5.41, 5.74) is 5.68. The maximum atomic E-state index is 12.9. The van der Waals surface area contributed by atoms with E-state index in [0.29, 0.717) is 22.8 Å². The monoisotopic (exact) mass is 818 g/mol. The molecule has 292 valence electrons. The number of piperazine rings is 2. The van der Waals surface area contributed by atoms with Crippen LogP contribution in [0.3, 0.4) is 0 Å². The standard InChI is InChI=1S/C20H19ClF3N5S.C20H23N5S/c21-17-11-15(12-25-13-17)18-26-19(30-27-18)29-8-6-28(7-9-29)5-4-14-2-1-3-16(10-14)20(22,23)24;1-15-5-3-4-6-18(15)14-24-9-11-25(12-10-24)20-22-19(23-26-20)17-8-7-16(2)21-13-17/h1-3,10-13H,4-9H2;3-8,13H,9-12,14H2,1-2H3. The van der Waals surface area contributed by atoms with Crippen LogP contribution in [0.25, 0.3) is 22.8 Å². The number of hydrogen-bond donors (Lipinski definition) is 0. The fraction of sp³-hybridized carbons (Fsp3) is 0.350. The molecule has 0 aliphatic carbocycles. The predicted octanol–water partition coefficient (Wildman–Crippen LogP) is 8.18. The molecule has 10 nitrogen and oxygen atoms in total. The van der Waals surface area contributed by atoms with Crippen LogP contribution in [-0.2, 0) is 19.1 Å². The molecule has 6 heterocycles. The maximum Gasteiger partial charge on any atom is 0.416 e. The normalized spacial score (nSPS) is 15.5. The summed E-state index contributed by atoms with van der Waals surface area (Å²) in [4.78, 5) is 27.0. The van der Waals surface area contributed by atoms with Crippen molar-refractivity contribution in [1.82, 2.24) is 38.5 Å². The number of hydrogen-bond acceptors (Lipinski definition) is 12. The second-order valence-electron chi connectivity index (χ2n) is 13.8. The molecule has 8 rings (SSSR count). The van der Waals surface area contributed by atoms with E-state index in [-0.39, 0.29) is 0 Å². The van der Waals surface area contributed by atoms with Crippen LogP contribution in [0.4, 0.5) is 23.4 Å². The average Bonchev–Trinajstić information content (AvgIpc) is 3.91. The number of alkyl halides is 3. The van der Waals surface area contributed by atoms with E-state index in [9.17, 15) is 13.2 Å². The van der Waals surface area contributed by atoms with Crippen LogP contribution in [0, 0.1) is 13.8 Å². The van der Waals surface area contributed by atoms with Gasteiger partial charge in [0, 0.05) is 124 Å². The highest BCUT2D eigenvalue weighted by atomic mass is 35.5. The van der Waals surface area contributed by atoms with Crippen molar-refractivity contribution in [1.29, 1.82) is 0 Å². The van der Waals surface area contributed by atoms with Gasteiger partial charge in [-0.25, -0.2) is 0 Å². The Morgan fingerprint density at radius 3 is 1.98 bits per heavy atom. The zero-order chi connectivity index (χ0) is 39.1. The zero-order valence-corrected chi connectivity index (χ0v) is 33.6. The van der Waals surface area contributed by atoms with E-state index in [0.717, 1.165) is 104 Å². The van der Waals surface area contributed by atoms with Gasteiger partial charge in [-0.05, 0) is 61.2 Å². The van der Waals surface area contributed by atoms with Gasteiger partial charge in [0.05, 0.1) is 10.6 Å². The molecule has 0 spiro atoms. The van der Waals surface area contributed by atoms with E-state index < -0.39 is 11.7 Å². The van der Waals surface area contributed by atoms with Crippen LogP contribution in [-0.4, -0.2) is 97.4 Å². The number of aromatic nitrogens is 6. The third-order valence-electron chi connectivity index (χ3n) is 9.88. The summed E-state index contributed by atoms with van der Waals surface area (Å²) in [5, 5.41) is 2.40. The van der Waals surface area contributed by atoms with Crippen molar-refractivity contribution in [3.63, 3.8) is 0 Å². The topological polar surface area (TPSA) is 90.3 Å².